The van der Waals surface area contributed by atoms with E-state index in [0.717, 1.165) is 10.0 Å². The third kappa shape index (κ3) is 3.67. The van der Waals surface area contributed by atoms with E-state index in [4.69, 9.17) is 10.5 Å². The van der Waals surface area contributed by atoms with E-state index in [9.17, 15) is 8.78 Å². The molecule has 0 aliphatic heterocycles. The SMILES string of the molecule is Nc1ccc(OCc2ccc(Br)cc2)c(C(F)F)c1. The van der Waals surface area contributed by atoms with Gasteiger partial charge in [-0.1, -0.05) is 28.1 Å². The lowest BCUT2D eigenvalue weighted by molar-refractivity contribution is 0.144. The molecule has 0 aliphatic carbocycles. The van der Waals surface area contributed by atoms with Gasteiger partial charge in [-0.05, 0) is 35.9 Å². The van der Waals surface area contributed by atoms with Crippen LogP contribution in [0.15, 0.2) is 46.9 Å². The van der Waals surface area contributed by atoms with Crippen molar-refractivity contribution in [2.45, 2.75) is 13.0 Å². The molecule has 0 bridgehead atoms. The number of ether oxygens (including phenoxy) is 1. The highest BCUT2D eigenvalue weighted by Crippen LogP contribution is 2.31. The zero-order chi connectivity index (χ0) is 13.8. The predicted molar refractivity (Wildman–Crippen MR) is 74.3 cm³/mol. The average molecular weight is 328 g/mol. The number of halogens is 3. The van der Waals surface area contributed by atoms with E-state index >= 15 is 0 Å². The van der Waals surface area contributed by atoms with Gasteiger partial charge in [-0.2, -0.15) is 0 Å². The lowest BCUT2D eigenvalue weighted by Gasteiger charge is -2.11. The first-order valence-electron chi connectivity index (χ1n) is 5.61. The summed E-state index contributed by atoms with van der Waals surface area (Å²) in [5, 5.41) is 0. The molecule has 2 aromatic rings. The minimum absolute atomic E-state index is 0.159. The molecule has 0 fully saturated rings. The van der Waals surface area contributed by atoms with Crippen LogP contribution >= 0.6 is 15.9 Å². The Kier molecular flexibility index (Phi) is 4.37. The Morgan fingerprint density at radius 1 is 1.11 bits per heavy atom. The Bertz CT molecular complexity index is 558. The van der Waals surface area contributed by atoms with Crippen molar-refractivity contribution in [2.75, 3.05) is 5.73 Å². The molecule has 0 heterocycles. The molecule has 2 aromatic carbocycles. The van der Waals surface area contributed by atoms with Crippen molar-refractivity contribution >= 4 is 21.6 Å². The number of benzene rings is 2. The highest BCUT2D eigenvalue weighted by Gasteiger charge is 2.14. The van der Waals surface area contributed by atoms with Gasteiger partial charge in [0, 0.05) is 10.2 Å². The molecule has 0 saturated heterocycles. The van der Waals surface area contributed by atoms with Crippen LogP contribution in [-0.2, 0) is 6.61 Å². The Labute approximate surface area is 118 Å². The van der Waals surface area contributed by atoms with Gasteiger partial charge in [0.1, 0.15) is 12.4 Å². The Balaban J connectivity index is 2.13. The van der Waals surface area contributed by atoms with Gasteiger partial charge in [-0.3, -0.25) is 0 Å². The molecular weight excluding hydrogens is 316 g/mol. The predicted octanol–water partition coefficient (Wildman–Crippen LogP) is 4.55. The minimum Gasteiger partial charge on any atom is -0.488 e. The molecule has 0 atom stereocenters. The maximum absolute atomic E-state index is 12.8. The van der Waals surface area contributed by atoms with E-state index < -0.39 is 6.43 Å². The van der Waals surface area contributed by atoms with Crippen molar-refractivity contribution in [3.8, 4) is 5.75 Å². The molecule has 2 nitrogen and oxygen atoms in total. The van der Waals surface area contributed by atoms with E-state index in [1.165, 1.54) is 12.1 Å². The number of nitrogens with two attached hydrogens (primary N) is 1. The largest absolute Gasteiger partial charge is 0.488 e. The molecule has 0 unspecified atom stereocenters. The summed E-state index contributed by atoms with van der Waals surface area (Å²) in [5.74, 6) is 0.159. The first-order chi connectivity index (χ1) is 9.06. The second kappa shape index (κ2) is 6.02. The normalized spacial score (nSPS) is 10.7. The molecule has 0 aromatic heterocycles. The van der Waals surface area contributed by atoms with E-state index in [-0.39, 0.29) is 17.9 Å². The molecule has 2 N–H and O–H groups in total. The van der Waals surface area contributed by atoms with Crippen LogP contribution in [0.5, 0.6) is 5.75 Å². The van der Waals surface area contributed by atoms with Crippen LogP contribution in [0, 0.1) is 0 Å². The Hall–Kier alpha value is -1.62. The van der Waals surface area contributed by atoms with Crippen LogP contribution in [0.3, 0.4) is 0 Å². The second-order valence-electron chi connectivity index (χ2n) is 4.01. The van der Waals surface area contributed by atoms with Crippen molar-refractivity contribution in [3.05, 3.63) is 58.1 Å². The standard InChI is InChI=1S/C14H12BrF2NO/c15-10-3-1-9(2-4-10)8-19-13-6-5-11(18)7-12(13)14(16)17/h1-7,14H,8,18H2. The van der Waals surface area contributed by atoms with Crippen LogP contribution in [0.2, 0.25) is 0 Å². The summed E-state index contributed by atoms with van der Waals surface area (Å²) in [6.45, 7) is 0.233. The molecule has 100 valence electrons. The monoisotopic (exact) mass is 327 g/mol. The number of nitrogen functional groups attached to an aromatic ring is 1. The molecule has 0 saturated carbocycles. The number of hydrogen-bond donors (Lipinski definition) is 1. The first-order valence-corrected chi connectivity index (χ1v) is 6.40. The molecule has 2 rings (SSSR count). The van der Waals surface area contributed by atoms with Crippen molar-refractivity contribution in [3.63, 3.8) is 0 Å². The maximum atomic E-state index is 12.8. The smallest absolute Gasteiger partial charge is 0.267 e. The van der Waals surface area contributed by atoms with Gasteiger partial charge in [0.15, 0.2) is 0 Å². The second-order valence-corrected chi connectivity index (χ2v) is 4.93. The summed E-state index contributed by atoms with van der Waals surface area (Å²) < 4.78 is 32.1. The molecule has 0 aliphatic rings. The highest BCUT2D eigenvalue weighted by molar-refractivity contribution is 9.10. The van der Waals surface area contributed by atoms with Crippen LogP contribution in [0.25, 0.3) is 0 Å². The molecule has 0 spiro atoms. The van der Waals surface area contributed by atoms with Crippen molar-refractivity contribution in [2.24, 2.45) is 0 Å². The fourth-order valence-corrected chi connectivity index (χ4v) is 1.87. The number of anilines is 1. The number of hydrogen-bond acceptors (Lipinski definition) is 2. The van der Waals surface area contributed by atoms with Gasteiger partial charge in [-0.25, -0.2) is 8.78 Å². The highest BCUT2D eigenvalue weighted by atomic mass is 79.9. The maximum Gasteiger partial charge on any atom is 0.267 e. The lowest BCUT2D eigenvalue weighted by Crippen LogP contribution is -2.00. The van der Waals surface area contributed by atoms with E-state index in [1.54, 1.807) is 6.07 Å². The first kappa shape index (κ1) is 13.8. The summed E-state index contributed by atoms with van der Waals surface area (Å²) >= 11 is 3.33. The summed E-state index contributed by atoms with van der Waals surface area (Å²) in [5.41, 5.74) is 6.51. The minimum atomic E-state index is -2.61. The third-order valence-corrected chi connectivity index (χ3v) is 3.11. The van der Waals surface area contributed by atoms with Crippen molar-refractivity contribution in [1.29, 1.82) is 0 Å². The van der Waals surface area contributed by atoms with E-state index in [0.29, 0.717) is 5.69 Å². The average Bonchev–Trinajstić information content (AvgIpc) is 2.39. The zero-order valence-electron chi connectivity index (χ0n) is 9.95. The van der Waals surface area contributed by atoms with Gasteiger partial charge in [0.05, 0.1) is 5.56 Å². The quantitative estimate of drug-likeness (QED) is 0.836. The van der Waals surface area contributed by atoms with Crippen LogP contribution in [0.1, 0.15) is 17.6 Å². The van der Waals surface area contributed by atoms with Gasteiger partial charge in [0.2, 0.25) is 0 Å². The summed E-state index contributed by atoms with van der Waals surface area (Å²) in [7, 11) is 0. The van der Waals surface area contributed by atoms with Gasteiger partial charge in [0.25, 0.3) is 6.43 Å². The van der Waals surface area contributed by atoms with Crippen molar-refractivity contribution < 1.29 is 13.5 Å². The van der Waals surface area contributed by atoms with Crippen molar-refractivity contribution in [1.82, 2.24) is 0 Å². The van der Waals surface area contributed by atoms with Gasteiger partial charge >= 0.3 is 0 Å². The van der Waals surface area contributed by atoms with Crippen LogP contribution in [0.4, 0.5) is 14.5 Å². The summed E-state index contributed by atoms with van der Waals surface area (Å²) in [6.07, 6.45) is -2.61. The molecule has 19 heavy (non-hydrogen) atoms. The Morgan fingerprint density at radius 3 is 2.42 bits per heavy atom. The summed E-state index contributed by atoms with van der Waals surface area (Å²) in [6, 6.07) is 11.7. The van der Waals surface area contributed by atoms with Crippen LogP contribution in [-0.4, -0.2) is 0 Å². The molecular formula is C14H12BrF2NO. The van der Waals surface area contributed by atoms with Gasteiger partial charge in [-0.15, -0.1) is 0 Å². The van der Waals surface area contributed by atoms with Crippen LogP contribution < -0.4 is 10.5 Å². The molecule has 5 heteroatoms. The molecule has 0 radical (unpaired) electrons. The lowest BCUT2D eigenvalue weighted by atomic mass is 10.2. The van der Waals surface area contributed by atoms with E-state index in [1.807, 2.05) is 24.3 Å². The zero-order valence-corrected chi connectivity index (χ0v) is 11.5. The van der Waals surface area contributed by atoms with Gasteiger partial charge < -0.3 is 10.5 Å². The summed E-state index contributed by atoms with van der Waals surface area (Å²) in [4.78, 5) is 0. The fraction of sp³-hybridized carbons (Fsp3) is 0.143. The topological polar surface area (TPSA) is 35.2 Å². The number of rotatable bonds is 4. The number of alkyl halides is 2. The van der Waals surface area contributed by atoms with E-state index in [2.05, 4.69) is 15.9 Å². The fourth-order valence-electron chi connectivity index (χ4n) is 1.61. The Morgan fingerprint density at radius 2 is 1.79 bits per heavy atom. The molecule has 0 amide bonds. The third-order valence-electron chi connectivity index (χ3n) is 2.58.